The van der Waals surface area contributed by atoms with Crippen LogP contribution >= 0.6 is 0 Å². The van der Waals surface area contributed by atoms with Crippen LogP contribution in [0.5, 0.6) is 5.88 Å². The van der Waals surface area contributed by atoms with Crippen molar-refractivity contribution in [2.24, 2.45) is 0 Å². The predicted molar refractivity (Wildman–Crippen MR) is 77.7 cm³/mol. The molecule has 1 aromatic heterocycles. The van der Waals surface area contributed by atoms with Gasteiger partial charge in [0.2, 0.25) is 5.88 Å². The van der Waals surface area contributed by atoms with E-state index in [-0.39, 0.29) is 6.03 Å². The summed E-state index contributed by atoms with van der Waals surface area (Å²) in [6.45, 7) is 3.51. The second-order valence-electron chi connectivity index (χ2n) is 5.12. The Morgan fingerprint density at radius 2 is 2.40 bits per heavy atom. The van der Waals surface area contributed by atoms with E-state index in [2.05, 4.69) is 17.2 Å². The largest absolute Gasteiger partial charge is 0.481 e. The molecule has 1 saturated heterocycles. The highest BCUT2D eigenvalue weighted by atomic mass is 16.5. The van der Waals surface area contributed by atoms with Gasteiger partial charge in [0.15, 0.2) is 0 Å². The molecule has 2 rings (SSSR count). The van der Waals surface area contributed by atoms with Crippen LogP contribution < -0.4 is 10.1 Å². The van der Waals surface area contributed by atoms with Gasteiger partial charge in [-0.3, -0.25) is 0 Å². The monoisotopic (exact) mass is 277 g/mol. The van der Waals surface area contributed by atoms with Crippen molar-refractivity contribution in [2.75, 3.05) is 13.7 Å². The summed E-state index contributed by atoms with van der Waals surface area (Å²) in [6, 6.07) is 4.15. The number of hydrogen-bond donors (Lipinski definition) is 1. The Hall–Kier alpha value is -1.78. The van der Waals surface area contributed by atoms with E-state index in [1.165, 1.54) is 6.42 Å². The van der Waals surface area contributed by atoms with Crippen LogP contribution in [0, 0.1) is 0 Å². The third-order valence-electron chi connectivity index (χ3n) is 3.81. The second kappa shape index (κ2) is 7.12. The number of carbonyl (C=O) groups is 1. The van der Waals surface area contributed by atoms with Gasteiger partial charge in [0, 0.05) is 31.4 Å². The van der Waals surface area contributed by atoms with Crippen LogP contribution in [-0.2, 0) is 6.54 Å². The summed E-state index contributed by atoms with van der Waals surface area (Å²) in [6.07, 6.45) is 6.16. The number of rotatable bonds is 4. The molecule has 2 heterocycles. The van der Waals surface area contributed by atoms with Crippen molar-refractivity contribution in [1.29, 1.82) is 0 Å². The Bertz CT molecular complexity index is 450. The molecule has 1 N–H and O–H groups in total. The molecule has 1 aromatic rings. The molecule has 0 aromatic carbocycles. The number of methoxy groups -OCH3 is 1. The van der Waals surface area contributed by atoms with E-state index in [1.807, 2.05) is 17.0 Å². The quantitative estimate of drug-likeness (QED) is 0.920. The molecule has 0 radical (unpaired) electrons. The minimum Gasteiger partial charge on any atom is -0.481 e. The average molecular weight is 277 g/mol. The summed E-state index contributed by atoms with van der Waals surface area (Å²) in [7, 11) is 1.59. The predicted octanol–water partition coefficient (Wildman–Crippen LogP) is 2.56. The van der Waals surface area contributed by atoms with Crippen molar-refractivity contribution in [3.8, 4) is 5.88 Å². The molecule has 1 atom stereocenters. The zero-order chi connectivity index (χ0) is 14.4. The van der Waals surface area contributed by atoms with E-state index in [1.54, 1.807) is 13.3 Å². The molecule has 1 aliphatic rings. The highest BCUT2D eigenvalue weighted by Crippen LogP contribution is 2.19. The fraction of sp³-hybridized carbons (Fsp3) is 0.600. The molecule has 1 fully saturated rings. The highest BCUT2D eigenvalue weighted by Gasteiger charge is 2.24. The fourth-order valence-corrected chi connectivity index (χ4v) is 2.64. The second-order valence-corrected chi connectivity index (χ2v) is 5.12. The van der Waals surface area contributed by atoms with Crippen LogP contribution in [-0.4, -0.2) is 35.6 Å². The molecule has 110 valence electrons. The van der Waals surface area contributed by atoms with E-state index in [0.717, 1.165) is 31.4 Å². The number of piperidine rings is 1. The van der Waals surface area contributed by atoms with Gasteiger partial charge in [-0.2, -0.15) is 0 Å². The van der Waals surface area contributed by atoms with Crippen LogP contribution in [0.1, 0.15) is 38.2 Å². The van der Waals surface area contributed by atoms with E-state index >= 15 is 0 Å². The number of pyridine rings is 1. The van der Waals surface area contributed by atoms with Gasteiger partial charge in [-0.05, 0) is 37.3 Å². The highest BCUT2D eigenvalue weighted by molar-refractivity contribution is 5.74. The van der Waals surface area contributed by atoms with Crippen LogP contribution in [0.25, 0.3) is 0 Å². The number of aromatic nitrogens is 1. The number of nitrogens with zero attached hydrogens (tertiary/aromatic N) is 2. The fourth-order valence-electron chi connectivity index (χ4n) is 2.64. The van der Waals surface area contributed by atoms with Crippen molar-refractivity contribution < 1.29 is 9.53 Å². The number of likely N-dealkylation sites (tertiary alicyclic amines) is 1. The van der Waals surface area contributed by atoms with Crippen molar-refractivity contribution in [3.05, 3.63) is 23.9 Å². The van der Waals surface area contributed by atoms with Crippen molar-refractivity contribution in [3.63, 3.8) is 0 Å². The van der Waals surface area contributed by atoms with E-state index < -0.39 is 0 Å². The number of amides is 2. The number of hydrogen-bond acceptors (Lipinski definition) is 3. The number of carbonyl (C=O) groups excluding carboxylic acids is 1. The molecular weight excluding hydrogens is 254 g/mol. The van der Waals surface area contributed by atoms with Crippen LogP contribution in [0.15, 0.2) is 18.3 Å². The maximum absolute atomic E-state index is 12.3. The topological polar surface area (TPSA) is 54.5 Å². The molecule has 1 aliphatic heterocycles. The lowest BCUT2D eigenvalue weighted by molar-refractivity contribution is 0.148. The first kappa shape index (κ1) is 14.6. The van der Waals surface area contributed by atoms with Crippen LogP contribution in [0.4, 0.5) is 4.79 Å². The van der Waals surface area contributed by atoms with Crippen molar-refractivity contribution >= 4 is 6.03 Å². The molecule has 2 amide bonds. The zero-order valence-corrected chi connectivity index (χ0v) is 12.3. The molecular formula is C15H23N3O2. The maximum atomic E-state index is 12.3. The summed E-state index contributed by atoms with van der Waals surface area (Å²) in [5.74, 6) is 0.571. The van der Waals surface area contributed by atoms with Gasteiger partial charge < -0.3 is 15.0 Å². The lowest BCUT2D eigenvalue weighted by Gasteiger charge is -2.35. The van der Waals surface area contributed by atoms with Gasteiger partial charge in [0.05, 0.1) is 7.11 Å². The van der Waals surface area contributed by atoms with Gasteiger partial charge in [-0.25, -0.2) is 9.78 Å². The molecule has 5 heteroatoms. The Morgan fingerprint density at radius 1 is 1.55 bits per heavy atom. The summed E-state index contributed by atoms with van der Waals surface area (Å²) in [5.41, 5.74) is 0.996. The maximum Gasteiger partial charge on any atom is 0.317 e. The lowest BCUT2D eigenvalue weighted by Crippen LogP contribution is -2.48. The number of ether oxygens (including phenoxy) is 1. The van der Waals surface area contributed by atoms with Gasteiger partial charge in [0.25, 0.3) is 0 Å². The smallest absolute Gasteiger partial charge is 0.317 e. The SMILES string of the molecule is CCC1CCCCN1C(=O)NCc1ccnc(OC)c1. The summed E-state index contributed by atoms with van der Waals surface area (Å²) in [4.78, 5) is 18.3. The number of urea groups is 1. The summed E-state index contributed by atoms with van der Waals surface area (Å²) in [5, 5.41) is 2.99. The summed E-state index contributed by atoms with van der Waals surface area (Å²) < 4.78 is 5.08. The Labute approximate surface area is 120 Å². The Balaban J connectivity index is 1.90. The van der Waals surface area contributed by atoms with Gasteiger partial charge >= 0.3 is 6.03 Å². The molecule has 0 saturated carbocycles. The van der Waals surface area contributed by atoms with Crippen LogP contribution in [0.3, 0.4) is 0 Å². The summed E-state index contributed by atoms with van der Waals surface area (Å²) >= 11 is 0. The average Bonchev–Trinajstić information content (AvgIpc) is 2.52. The van der Waals surface area contributed by atoms with Gasteiger partial charge in [-0.1, -0.05) is 6.92 Å². The zero-order valence-electron chi connectivity index (χ0n) is 12.3. The van der Waals surface area contributed by atoms with Gasteiger partial charge in [-0.15, -0.1) is 0 Å². The first-order valence-corrected chi connectivity index (χ1v) is 7.28. The number of nitrogens with one attached hydrogen (secondary N) is 1. The van der Waals surface area contributed by atoms with Crippen LogP contribution in [0.2, 0.25) is 0 Å². The van der Waals surface area contributed by atoms with Crippen molar-refractivity contribution in [2.45, 2.75) is 45.2 Å². The Morgan fingerprint density at radius 3 is 3.15 bits per heavy atom. The first-order valence-electron chi connectivity index (χ1n) is 7.28. The van der Waals surface area contributed by atoms with E-state index in [0.29, 0.717) is 18.5 Å². The third kappa shape index (κ3) is 3.62. The normalized spacial score (nSPS) is 18.7. The van der Waals surface area contributed by atoms with Crippen molar-refractivity contribution in [1.82, 2.24) is 15.2 Å². The molecule has 1 unspecified atom stereocenters. The standard InChI is InChI=1S/C15H23N3O2/c1-3-13-6-4-5-9-18(13)15(19)17-11-12-7-8-16-14(10-12)20-2/h7-8,10,13H,3-6,9,11H2,1-2H3,(H,17,19). The third-order valence-corrected chi connectivity index (χ3v) is 3.81. The van der Waals surface area contributed by atoms with E-state index in [4.69, 9.17) is 4.74 Å². The molecule has 0 bridgehead atoms. The van der Waals surface area contributed by atoms with Gasteiger partial charge in [0.1, 0.15) is 0 Å². The first-order chi connectivity index (χ1) is 9.74. The molecule has 0 spiro atoms. The molecule has 0 aliphatic carbocycles. The molecule has 20 heavy (non-hydrogen) atoms. The minimum absolute atomic E-state index is 0.0346. The lowest BCUT2D eigenvalue weighted by atomic mass is 10.0. The van der Waals surface area contributed by atoms with E-state index in [9.17, 15) is 4.79 Å². The molecule has 5 nitrogen and oxygen atoms in total. The minimum atomic E-state index is 0.0346. The Kier molecular flexibility index (Phi) is 5.21.